The molecule has 1 unspecified atom stereocenters. The van der Waals surface area contributed by atoms with Crippen LogP contribution in [0.2, 0.25) is 0 Å². The molecule has 1 atom stereocenters. The average molecular weight is 233 g/mol. The lowest BCUT2D eigenvalue weighted by Crippen LogP contribution is -2.28. The molecule has 0 radical (unpaired) electrons. The quantitative estimate of drug-likeness (QED) is 0.796. The predicted molar refractivity (Wildman–Crippen MR) is 68.4 cm³/mol. The van der Waals surface area contributed by atoms with Crippen molar-refractivity contribution in [1.29, 1.82) is 0 Å². The molecule has 0 saturated carbocycles. The largest absolute Gasteiger partial charge is 0.464 e. The van der Waals surface area contributed by atoms with Crippen molar-refractivity contribution >= 4 is 16.5 Å². The van der Waals surface area contributed by atoms with Crippen LogP contribution in [0, 0.1) is 0 Å². The molecule has 17 heavy (non-hydrogen) atoms. The van der Waals surface area contributed by atoms with Crippen molar-refractivity contribution in [3.05, 3.63) is 42.7 Å². The maximum absolute atomic E-state index is 12.3. The molecule has 0 saturated heterocycles. The molecule has 0 spiro atoms. The van der Waals surface area contributed by atoms with E-state index in [1.54, 1.807) is 6.26 Å². The average Bonchev–Trinajstić information content (AvgIpc) is 2.82. The van der Waals surface area contributed by atoms with Crippen molar-refractivity contribution in [1.82, 2.24) is 5.32 Å². The Bertz CT molecular complexity index is 518. The van der Waals surface area contributed by atoms with Gasteiger partial charge in [-0.05, 0) is 29.7 Å². The van der Waals surface area contributed by atoms with Crippen LogP contribution >= 0.6 is 0 Å². The maximum atomic E-state index is 12.3. The molecule has 2 aromatic rings. The zero-order valence-electron chi connectivity index (χ0n) is 9.87. The van der Waals surface area contributed by atoms with Gasteiger partial charge in [0.05, 0.1) is 6.26 Å². The van der Waals surface area contributed by atoms with Gasteiger partial charge in [0.15, 0.2) is 0 Å². The van der Waals surface area contributed by atoms with Crippen molar-refractivity contribution < 1.29 is 8.81 Å². The van der Waals surface area contributed by atoms with Gasteiger partial charge < -0.3 is 4.42 Å². The van der Waals surface area contributed by atoms with Crippen LogP contribution in [0.15, 0.2) is 41.5 Å². The summed E-state index contributed by atoms with van der Waals surface area (Å²) in [6, 6.07) is 7.80. The summed E-state index contributed by atoms with van der Waals surface area (Å²) in [5.74, 6) is 0. The Kier molecular flexibility index (Phi) is 3.59. The summed E-state index contributed by atoms with van der Waals surface area (Å²) < 4.78 is 17.7. The van der Waals surface area contributed by atoms with Gasteiger partial charge in [-0.15, -0.1) is 0 Å². The highest BCUT2D eigenvalue weighted by Crippen LogP contribution is 2.24. The lowest BCUT2D eigenvalue weighted by molar-refractivity contribution is 0.402. The zero-order valence-corrected chi connectivity index (χ0v) is 9.87. The third kappa shape index (κ3) is 2.39. The summed E-state index contributed by atoms with van der Waals surface area (Å²) in [5, 5.41) is 3.84. The van der Waals surface area contributed by atoms with Crippen molar-refractivity contribution in [2.75, 3.05) is 6.80 Å². The second-order valence-electron chi connectivity index (χ2n) is 4.00. The van der Waals surface area contributed by atoms with Crippen LogP contribution in [0.4, 0.5) is 4.39 Å². The highest BCUT2D eigenvalue weighted by molar-refractivity contribution is 5.82. The third-order valence-corrected chi connectivity index (χ3v) is 2.98. The first kappa shape index (κ1) is 11.9. The maximum Gasteiger partial charge on any atom is 0.140 e. The molecular formula is C14H16FNO. The first-order valence-corrected chi connectivity index (χ1v) is 5.72. The van der Waals surface area contributed by atoms with Gasteiger partial charge in [0.1, 0.15) is 12.4 Å². The van der Waals surface area contributed by atoms with Crippen LogP contribution in [0.5, 0.6) is 0 Å². The minimum Gasteiger partial charge on any atom is -0.464 e. The molecule has 1 aromatic heterocycles. The summed E-state index contributed by atoms with van der Waals surface area (Å²) >= 11 is 0. The zero-order chi connectivity index (χ0) is 12.3. The molecule has 0 amide bonds. The molecule has 2 rings (SSSR count). The summed E-state index contributed by atoms with van der Waals surface area (Å²) in [4.78, 5) is 0. The van der Waals surface area contributed by atoms with Gasteiger partial charge in [-0.2, -0.15) is 0 Å². The molecule has 1 heterocycles. The fraction of sp³-hybridized carbons (Fsp3) is 0.286. The third-order valence-electron chi connectivity index (χ3n) is 2.98. The molecular weight excluding hydrogens is 217 g/mol. The number of rotatable bonds is 5. The summed E-state index contributed by atoms with van der Waals surface area (Å²) in [6.45, 7) is 5.50. The number of fused-ring (bicyclic) bond motifs is 1. The Morgan fingerprint density at radius 2 is 2.29 bits per heavy atom. The van der Waals surface area contributed by atoms with Crippen LogP contribution in [0.3, 0.4) is 0 Å². The fourth-order valence-corrected chi connectivity index (χ4v) is 1.96. The van der Waals surface area contributed by atoms with Crippen LogP contribution in [0.1, 0.15) is 18.9 Å². The standard InChI is InChI=1S/C14H16FNO/c1-3-13(16-9-15)10(2)12-5-4-11-6-7-17-14(11)8-12/h4-8,13,16H,2-3,9H2,1H3. The highest BCUT2D eigenvalue weighted by atomic mass is 19.1. The summed E-state index contributed by atoms with van der Waals surface area (Å²) in [6.07, 6.45) is 2.47. The number of hydrogen-bond acceptors (Lipinski definition) is 2. The van der Waals surface area contributed by atoms with Gasteiger partial charge in [-0.25, -0.2) is 4.39 Å². The van der Waals surface area contributed by atoms with E-state index in [9.17, 15) is 4.39 Å². The minimum absolute atomic E-state index is 0.0348. The van der Waals surface area contributed by atoms with E-state index >= 15 is 0 Å². The molecule has 2 nitrogen and oxygen atoms in total. The van der Waals surface area contributed by atoms with Gasteiger partial charge >= 0.3 is 0 Å². The van der Waals surface area contributed by atoms with E-state index < -0.39 is 6.80 Å². The summed E-state index contributed by atoms with van der Waals surface area (Å²) in [5.41, 5.74) is 2.71. The first-order valence-electron chi connectivity index (χ1n) is 5.72. The highest BCUT2D eigenvalue weighted by Gasteiger charge is 2.12. The van der Waals surface area contributed by atoms with Crippen LogP contribution in [-0.4, -0.2) is 12.8 Å². The number of nitrogens with one attached hydrogen (secondary N) is 1. The summed E-state index contributed by atoms with van der Waals surface area (Å²) in [7, 11) is 0. The minimum atomic E-state index is -0.541. The normalized spacial score (nSPS) is 12.8. The van der Waals surface area contributed by atoms with Crippen molar-refractivity contribution in [3.8, 4) is 0 Å². The second kappa shape index (κ2) is 5.15. The van der Waals surface area contributed by atoms with Crippen LogP contribution in [0.25, 0.3) is 16.5 Å². The number of benzene rings is 1. The first-order chi connectivity index (χ1) is 8.26. The van der Waals surface area contributed by atoms with Crippen molar-refractivity contribution in [3.63, 3.8) is 0 Å². The molecule has 0 aliphatic carbocycles. The van der Waals surface area contributed by atoms with E-state index in [1.807, 2.05) is 31.2 Å². The van der Waals surface area contributed by atoms with E-state index in [1.165, 1.54) is 0 Å². The Morgan fingerprint density at radius 3 is 3.00 bits per heavy atom. The van der Waals surface area contributed by atoms with E-state index in [0.717, 1.165) is 28.5 Å². The lowest BCUT2D eigenvalue weighted by atomic mass is 9.98. The number of hydrogen-bond donors (Lipinski definition) is 1. The van der Waals surface area contributed by atoms with Gasteiger partial charge in [0, 0.05) is 11.4 Å². The van der Waals surface area contributed by atoms with E-state index in [2.05, 4.69) is 11.9 Å². The van der Waals surface area contributed by atoms with E-state index in [-0.39, 0.29) is 6.04 Å². The van der Waals surface area contributed by atoms with Crippen LogP contribution in [-0.2, 0) is 0 Å². The van der Waals surface area contributed by atoms with Gasteiger partial charge in [-0.1, -0.05) is 25.6 Å². The molecule has 3 heteroatoms. The monoisotopic (exact) mass is 233 g/mol. The Hall–Kier alpha value is -1.61. The lowest BCUT2D eigenvalue weighted by Gasteiger charge is -2.17. The number of halogens is 1. The van der Waals surface area contributed by atoms with Gasteiger partial charge in [0.25, 0.3) is 0 Å². The molecule has 1 N–H and O–H groups in total. The van der Waals surface area contributed by atoms with Gasteiger partial charge in [0.2, 0.25) is 0 Å². The van der Waals surface area contributed by atoms with Gasteiger partial charge in [-0.3, -0.25) is 5.32 Å². The van der Waals surface area contributed by atoms with E-state index in [0.29, 0.717) is 0 Å². The molecule has 0 bridgehead atoms. The Labute approximate surface area is 100 Å². The van der Waals surface area contributed by atoms with Crippen molar-refractivity contribution in [2.24, 2.45) is 0 Å². The topological polar surface area (TPSA) is 25.2 Å². The van der Waals surface area contributed by atoms with Crippen molar-refractivity contribution in [2.45, 2.75) is 19.4 Å². The Balaban J connectivity index is 2.28. The molecule has 90 valence electrons. The molecule has 1 aromatic carbocycles. The molecule has 0 aliphatic heterocycles. The number of alkyl halides is 1. The van der Waals surface area contributed by atoms with Crippen LogP contribution < -0.4 is 5.32 Å². The number of furan rings is 1. The predicted octanol–water partition coefficient (Wildman–Crippen LogP) is 3.74. The SMILES string of the molecule is C=C(c1ccc2ccoc2c1)C(CC)NCF. The fourth-order valence-electron chi connectivity index (χ4n) is 1.96. The molecule has 0 aliphatic rings. The smallest absolute Gasteiger partial charge is 0.140 e. The Morgan fingerprint density at radius 1 is 1.47 bits per heavy atom. The van der Waals surface area contributed by atoms with E-state index in [4.69, 9.17) is 4.42 Å². The second-order valence-corrected chi connectivity index (χ2v) is 4.00. The molecule has 0 fully saturated rings.